The molecule has 0 fully saturated rings. The van der Waals surface area contributed by atoms with Gasteiger partial charge in [0.1, 0.15) is 5.82 Å². The molecular weight excluding hydrogens is 397 g/mol. The third-order valence-electron chi connectivity index (χ3n) is 4.60. The molecule has 7 heteroatoms. The summed E-state index contributed by atoms with van der Waals surface area (Å²) in [6.07, 6.45) is 0. The summed E-state index contributed by atoms with van der Waals surface area (Å²) in [6, 6.07) is 10.3. The molecule has 0 spiro atoms. The summed E-state index contributed by atoms with van der Waals surface area (Å²) in [6.45, 7) is 0. The van der Waals surface area contributed by atoms with Crippen LogP contribution < -0.4 is 0 Å². The Morgan fingerprint density at radius 3 is 1.72 bits per heavy atom. The van der Waals surface area contributed by atoms with Crippen molar-refractivity contribution in [3.8, 4) is 22.3 Å². The van der Waals surface area contributed by atoms with Crippen LogP contribution in [0.4, 0.5) is 30.7 Å². The fourth-order valence-electron chi connectivity index (χ4n) is 3.32. The molecule has 4 rings (SSSR count). The second kappa shape index (κ2) is 6.92. The largest absolute Gasteiger partial charge is 0.207 e. The Hall–Kier alpha value is -3.35. The van der Waals surface area contributed by atoms with E-state index in [2.05, 4.69) is 0 Å². The zero-order valence-corrected chi connectivity index (χ0v) is 14.3. The summed E-state index contributed by atoms with van der Waals surface area (Å²) >= 11 is 0. The van der Waals surface area contributed by atoms with Gasteiger partial charge in [-0.1, -0.05) is 42.5 Å². The minimum Gasteiger partial charge on any atom is -0.207 e. The van der Waals surface area contributed by atoms with Crippen LogP contribution >= 0.6 is 0 Å². The van der Waals surface area contributed by atoms with E-state index in [9.17, 15) is 30.7 Å². The van der Waals surface area contributed by atoms with E-state index in [1.54, 1.807) is 0 Å². The predicted molar refractivity (Wildman–Crippen MR) is 94.5 cm³/mol. The lowest BCUT2D eigenvalue weighted by molar-refractivity contribution is 0.418. The maximum absolute atomic E-state index is 14.6. The zero-order valence-electron chi connectivity index (χ0n) is 14.3. The molecule has 0 nitrogen and oxygen atoms in total. The molecule has 146 valence electrons. The molecule has 0 saturated carbocycles. The molecule has 0 N–H and O–H groups in total. The Balaban J connectivity index is 2.11. The molecule has 0 radical (unpaired) electrons. The van der Waals surface area contributed by atoms with Gasteiger partial charge >= 0.3 is 0 Å². The summed E-state index contributed by atoms with van der Waals surface area (Å²) in [5.41, 5.74) is -0.553. The Bertz CT molecular complexity index is 1280. The van der Waals surface area contributed by atoms with E-state index in [1.807, 2.05) is 0 Å². The van der Waals surface area contributed by atoms with Crippen LogP contribution in [0.5, 0.6) is 0 Å². The van der Waals surface area contributed by atoms with E-state index in [0.717, 1.165) is 12.1 Å². The van der Waals surface area contributed by atoms with Crippen LogP contribution in [0.3, 0.4) is 0 Å². The molecule has 0 saturated heterocycles. The van der Waals surface area contributed by atoms with E-state index in [4.69, 9.17) is 0 Å². The smallest absolute Gasteiger partial charge is 0.198 e. The van der Waals surface area contributed by atoms with Crippen molar-refractivity contribution in [1.29, 1.82) is 0 Å². The normalized spacial score (nSPS) is 11.3. The fraction of sp³-hybridized carbons (Fsp3) is 0. The van der Waals surface area contributed by atoms with Gasteiger partial charge in [-0.05, 0) is 22.8 Å². The van der Waals surface area contributed by atoms with Crippen LogP contribution in [0.2, 0.25) is 0 Å². The van der Waals surface area contributed by atoms with Gasteiger partial charge in [-0.2, -0.15) is 0 Å². The number of hydrogen-bond acceptors (Lipinski definition) is 0. The van der Waals surface area contributed by atoms with Crippen molar-refractivity contribution in [1.82, 2.24) is 0 Å². The second-order valence-electron chi connectivity index (χ2n) is 6.28. The SMILES string of the molecule is Fc1cc(F)c(F)c(-c2ccccc2-c2cccc3c(F)c(F)c(F)c(F)c23)c1. The van der Waals surface area contributed by atoms with Gasteiger partial charge in [0.05, 0.1) is 0 Å². The van der Waals surface area contributed by atoms with Gasteiger partial charge < -0.3 is 0 Å². The maximum Gasteiger partial charge on any atom is 0.198 e. The highest BCUT2D eigenvalue weighted by atomic mass is 19.2. The first-order chi connectivity index (χ1) is 13.8. The van der Waals surface area contributed by atoms with Gasteiger partial charge in [0.15, 0.2) is 34.9 Å². The monoisotopic (exact) mass is 406 g/mol. The predicted octanol–water partition coefficient (Wildman–Crippen LogP) is 7.15. The molecule has 4 aromatic carbocycles. The van der Waals surface area contributed by atoms with Crippen molar-refractivity contribution < 1.29 is 30.7 Å². The van der Waals surface area contributed by atoms with Crippen molar-refractivity contribution in [3.05, 3.63) is 95.3 Å². The highest BCUT2D eigenvalue weighted by Gasteiger charge is 2.24. The van der Waals surface area contributed by atoms with E-state index in [-0.39, 0.29) is 16.7 Å². The lowest BCUT2D eigenvalue weighted by Crippen LogP contribution is -2.00. The molecule has 0 aliphatic carbocycles. The molecule has 0 aliphatic heterocycles. The van der Waals surface area contributed by atoms with Crippen LogP contribution in [0.1, 0.15) is 0 Å². The van der Waals surface area contributed by atoms with Crippen molar-refractivity contribution in [2.24, 2.45) is 0 Å². The highest BCUT2D eigenvalue weighted by molar-refractivity contribution is 6.01. The van der Waals surface area contributed by atoms with Gasteiger partial charge in [0.2, 0.25) is 0 Å². The molecule has 0 unspecified atom stereocenters. The quantitative estimate of drug-likeness (QED) is 0.188. The van der Waals surface area contributed by atoms with Gasteiger partial charge in [0.25, 0.3) is 0 Å². The van der Waals surface area contributed by atoms with Crippen molar-refractivity contribution in [3.63, 3.8) is 0 Å². The molecule has 0 aliphatic rings. The van der Waals surface area contributed by atoms with E-state index < -0.39 is 57.1 Å². The van der Waals surface area contributed by atoms with Crippen molar-refractivity contribution in [2.75, 3.05) is 0 Å². The lowest BCUT2D eigenvalue weighted by atomic mass is 9.90. The Morgan fingerprint density at radius 2 is 1.03 bits per heavy atom. The van der Waals surface area contributed by atoms with Crippen LogP contribution in [-0.2, 0) is 0 Å². The number of benzene rings is 4. The first kappa shape index (κ1) is 19.0. The second-order valence-corrected chi connectivity index (χ2v) is 6.28. The average Bonchev–Trinajstić information content (AvgIpc) is 2.72. The van der Waals surface area contributed by atoms with Crippen molar-refractivity contribution >= 4 is 10.8 Å². The summed E-state index contributed by atoms with van der Waals surface area (Å²) in [4.78, 5) is 0. The average molecular weight is 406 g/mol. The van der Waals surface area contributed by atoms with Crippen LogP contribution in [0.15, 0.2) is 54.6 Å². The minimum absolute atomic E-state index is 0.0413. The van der Waals surface area contributed by atoms with Crippen LogP contribution in [0, 0.1) is 40.7 Å². The molecule has 0 bridgehead atoms. The van der Waals surface area contributed by atoms with E-state index >= 15 is 0 Å². The topological polar surface area (TPSA) is 0 Å². The summed E-state index contributed by atoms with van der Waals surface area (Å²) in [5.74, 6) is -11.0. The fourth-order valence-corrected chi connectivity index (χ4v) is 3.32. The lowest BCUT2D eigenvalue weighted by Gasteiger charge is -2.15. The Kier molecular flexibility index (Phi) is 4.53. The van der Waals surface area contributed by atoms with Gasteiger partial charge in [-0.25, -0.2) is 30.7 Å². The molecule has 0 amide bonds. The first-order valence-corrected chi connectivity index (χ1v) is 8.30. The maximum atomic E-state index is 14.6. The zero-order chi connectivity index (χ0) is 20.9. The standard InChI is InChI=1S/C22H9F7/c23-10-8-15(18(25)16(24)9-10)12-5-2-1-4-11(12)13-6-3-7-14-17(13)20(27)22(29)21(28)19(14)26/h1-9H. The molecule has 0 aromatic heterocycles. The molecule has 0 heterocycles. The summed E-state index contributed by atoms with van der Waals surface area (Å²) in [5, 5.41) is -1.10. The van der Waals surface area contributed by atoms with Gasteiger partial charge in [0, 0.05) is 22.4 Å². The summed E-state index contributed by atoms with van der Waals surface area (Å²) in [7, 11) is 0. The third kappa shape index (κ3) is 2.93. The number of hydrogen-bond donors (Lipinski definition) is 0. The third-order valence-corrected chi connectivity index (χ3v) is 4.60. The van der Waals surface area contributed by atoms with Crippen LogP contribution in [0.25, 0.3) is 33.0 Å². The van der Waals surface area contributed by atoms with Crippen molar-refractivity contribution in [2.45, 2.75) is 0 Å². The highest BCUT2D eigenvalue weighted by Crippen LogP contribution is 2.40. The number of fused-ring (bicyclic) bond motifs is 1. The molecular formula is C22H9F7. The van der Waals surface area contributed by atoms with Crippen LogP contribution in [-0.4, -0.2) is 0 Å². The molecule has 4 aromatic rings. The molecule has 0 atom stereocenters. The van der Waals surface area contributed by atoms with Gasteiger partial charge in [-0.3, -0.25) is 0 Å². The minimum atomic E-state index is -2.00. The number of rotatable bonds is 2. The van der Waals surface area contributed by atoms with E-state index in [0.29, 0.717) is 6.07 Å². The van der Waals surface area contributed by atoms with Gasteiger partial charge in [-0.15, -0.1) is 0 Å². The molecule has 29 heavy (non-hydrogen) atoms. The first-order valence-electron chi connectivity index (χ1n) is 8.30. The summed E-state index contributed by atoms with van der Waals surface area (Å²) < 4.78 is 98.0. The Morgan fingerprint density at radius 1 is 0.448 bits per heavy atom. The number of halogens is 7. The van der Waals surface area contributed by atoms with E-state index in [1.165, 1.54) is 36.4 Å². The Labute approximate surface area is 159 Å².